The van der Waals surface area contributed by atoms with Gasteiger partial charge in [-0.05, 0) is 72.0 Å². The first kappa shape index (κ1) is 36.2. The molecule has 1 aliphatic heterocycles. The second-order valence-electron chi connectivity index (χ2n) is 14.4. The van der Waals surface area contributed by atoms with Crippen molar-refractivity contribution in [3.05, 3.63) is 235 Å². The molecule has 0 amide bonds. The molecule has 5 aromatic carbocycles. The molecule has 278 valence electrons. The topological polar surface area (TPSA) is 43.6 Å². The fourth-order valence-electron chi connectivity index (χ4n) is 8.70. The van der Waals surface area contributed by atoms with Crippen molar-refractivity contribution in [3.63, 3.8) is 0 Å². The van der Waals surface area contributed by atoms with Gasteiger partial charge < -0.3 is 4.57 Å². The van der Waals surface area contributed by atoms with Crippen LogP contribution in [-0.2, 0) is 5.41 Å². The zero-order chi connectivity index (χ0) is 39.6. The predicted octanol–water partition coefficient (Wildman–Crippen LogP) is 13.3. The van der Waals surface area contributed by atoms with Crippen LogP contribution in [0.25, 0.3) is 68.2 Å². The van der Waals surface area contributed by atoms with Gasteiger partial charge in [0.2, 0.25) is 0 Å². The van der Waals surface area contributed by atoms with Crippen LogP contribution in [0.5, 0.6) is 0 Å². The Morgan fingerprint density at radius 1 is 0.638 bits per heavy atom. The van der Waals surface area contributed by atoms with E-state index in [9.17, 15) is 0 Å². The summed E-state index contributed by atoms with van der Waals surface area (Å²) in [6, 6.07) is 51.8. The highest BCUT2D eigenvalue weighted by Crippen LogP contribution is 2.54. The molecule has 0 aliphatic carbocycles. The molecule has 58 heavy (non-hydrogen) atoms. The number of pyridine rings is 1. The van der Waals surface area contributed by atoms with Crippen LogP contribution in [0.2, 0.25) is 0 Å². The summed E-state index contributed by atoms with van der Waals surface area (Å²) in [5.74, 6) is 0.646. The molecule has 8 aromatic rings. The standard InChI is InChI=1S/C54H42N4/c1-5-17-37(18-6-2)48-36-49(39-29-27-38(28-30-39)47-25-14-15-35-55-47)57-53(56-48)40-31-33-42(34-32-40)54(41-20-10-9-11-21-41)45-23-12-13-26-51(45)58-50(8-4)43(19-7-3)44-22-16-24-46(54)52(44)58/h5-36H,1,4H2,2-3H3/b18-6-,19-7-,37-17+. The molecule has 4 heteroatoms. The van der Waals surface area contributed by atoms with Gasteiger partial charge in [-0.15, -0.1) is 0 Å². The van der Waals surface area contributed by atoms with Crippen LogP contribution in [-0.4, -0.2) is 19.5 Å². The number of fused-ring (bicyclic) bond motifs is 2. The van der Waals surface area contributed by atoms with Crippen molar-refractivity contribution in [1.29, 1.82) is 0 Å². The predicted molar refractivity (Wildman–Crippen MR) is 243 cm³/mol. The lowest BCUT2D eigenvalue weighted by Gasteiger charge is -2.41. The number of benzene rings is 5. The molecule has 4 heterocycles. The van der Waals surface area contributed by atoms with Gasteiger partial charge in [0.25, 0.3) is 0 Å². The highest BCUT2D eigenvalue weighted by molar-refractivity contribution is 6.00. The van der Waals surface area contributed by atoms with E-state index in [4.69, 9.17) is 9.97 Å². The molecule has 1 aliphatic rings. The monoisotopic (exact) mass is 746 g/mol. The summed E-state index contributed by atoms with van der Waals surface area (Å²) in [5.41, 5.74) is 15.3. The number of hydrogen-bond acceptors (Lipinski definition) is 3. The second kappa shape index (κ2) is 15.2. The molecule has 9 rings (SSSR count). The zero-order valence-corrected chi connectivity index (χ0v) is 32.7. The molecule has 0 saturated heterocycles. The number of para-hydroxylation sites is 2. The molecule has 0 radical (unpaired) electrons. The van der Waals surface area contributed by atoms with Gasteiger partial charge in [-0.2, -0.15) is 0 Å². The van der Waals surface area contributed by atoms with Gasteiger partial charge in [-0.1, -0.05) is 171 Å². The number of rotatable bonds is 10. The van der Waals surface area contributed by atoms with Gasteiger partial charge in [0, 0.05) is 33.8 Å². The molecule has 4 nitrogen and oxygen atoms in total. The number of nitrogens with zero attached hydrogens (tertiary/aromatic N) is 4. The fourth-order valence-corrected chi connectivity index (χ4v) is 8.70. The van der Waals surface area contributed by atoms with Gasteiger partial charge >= 0.3 is 0 Å². The molecule has 0 bridgehead atoms. The smallest absolute Gasteiger partial charge is 0.160 e. The van der Waals surface area contributed by atoms with E-state index in [0.717, 1.165) is 56.3 Å². The van der Waals surface area contributed by atoms with Crippen LogP contribution in [0.1, 0.15) is 53.1 Å². The van der Waals surface area contributed by atoms with E-state index in [1.165, 1.54) is 33.2 Å². The Labute approximate surface area is 340 Å². The third-order valence-corrected chi connectivity index (χ3v) is 11.1. The molecule has 0 saturated carbocycles. The average molecular weight is 747 g/mol. The summed E-state index contributed by atoms with van der Waals surface area (Å²) in [7, 11) is 0. The summed E-state index contributed by atoms with van der Waals surface area (Å²) in [5, 5.41) is 1.20. The number of hydrogen-bond donors (Lipinski definition) is 0. The van der Waals surface area contributed by atoms with E-state index in [1.54, 1.807) is 6.08 Å². The molecule has 3 aromatic heterocycles. The number of aromatic nitrogens is 4. The number of allylic oxidation sites excluding steroid dienone is 6. The summed E-state index contributed by atoms with van der Waals surface area (Å²) in [6.07, 6.45) is 16.0. The van der Waals surface area contributed by atoms with E-state index < -0.39 is 5.41 Å². The Hall–Kier alpha value is -7.43. The van der Waals surface area contributed by atoms with E-state index in [-0.39, 0.29) is 0 Å². The van der Waals surface area contributed by atoms with Gasteiger partial charge in [0.05, 0.1) is 39.4 Å². The molecule has 0 spiro atoms. The first-order chi connectivity index (χ1) is 28.6. The van der Waals surface area contributed by atoms with Crippen molar-refractivity contribution in [2.75, 3.05) is 0 Å². The maximum atomic E-state index is 5.21. The minimum atomic E-state index is -0.620. The summed E-state index contributed by atoms with van der Waals surface area (Å²) in [4.78, 5) is 14.9. The van der Waals surface area contributed by atoms with E-state index in [1.807, 2.05) is 49.5 Å². The maximum Gasteiger partial charge on any atom is 0.160 e. The Bertz CT molecular complexity index is 2910. The third kappa shape index (κ3) is 5.89. The minimum Gasteiger partial charge on any atom is -0.309 e. The molecule has 1 atom stereocenters. The zero-order valence-electron chi connectivity index (χ0n) is 32.7. The van der Waals surface area contributed by atoms with Crippen molar-refractivity contribution in [2.45, 2.75) is 19.3 Å². The Kier molecular flexibility index (Phi) is 9.52. The SMILES string of the molecule is C=C/C=C(\C=C/C)c1cc(-c2ccc(-c3ccccn3)cc2)nc(-c2ccc(C3(c4ccccc4)c4ccccc4-n4c(C=C)c(/C=C\C)c5cccc3c54)cc2)n1. The quantitative estimate of drug-likeness (QED) is 0.131. The first-order valence-corrected chi connectivity index (χ1v) is 19.7. The van der Waals surface area contributed by atoms with Crippen molar-refractivity contribution in [1.82, 2.24) is 19.5 Å². The van der Waals surface area contributed by atoms with Crippen LogP contribution < -0.4 is 0 Å². The Balaban J connectivity index is 1.25. The minimum absolute atomic E-state index is 0.620. The lowest BCUT2D eigenvalue weighted by Crippen LogP contribution is -2.35. The normalized spacial score (nSPS) is 14.9. The molecule has 0 N–H and O–H groups in total. The molecule has 0 fully saturated rings. The average Bonchev–Trinajstić information content (AvgIpc) is 3.61. The summed E-state index contributed by atoms with van der Waals surface area (Å²) < 4.78 is 2.40. The third-order valence-electron chi connectivity index (χ3n) is 11.1. The highest BCUT2D eigenvalue weighted by Gasteiger charge is 2.45. The van der Waals surface area contributed by atoms with Crippen molar-refractivity contribution in [3.8, 4) is 39.6 Å². The van der Waals surface area contributed by atoms with Gasteiger partial charge in [-0.25, -0.2) is 9.97 Å². The van der Waals surface area contributed by atoms with Crippen molar-refractivity contribution >= 4 is 28.6 Å². The van der Waals surface area contributed by atoms with Gasteiger partial charge in [0.1, 0.15) is 0 Å². The maximum absolute atomic E-state index is 5.21. The van der Waals surface area contributed by atoms with Crippen LogP contribution in [0, 0.1) is 0 Å². The largest absolute Gasteiger partial charge is 0.309 e. The van der Waals surface area contributed by atoms with Crippen molar-refractivity contribution in [2.24, 2.45) is 0 Å². The highest BCUT2D eigenvalue weighted by atomic mass is 15.0. The van der Waals surface area contributed by atoms with Crippen LogP contribution in [0.15, 0.2) is 195 Å². The van der Waals surface area contributed by atoms with E-state index in [2.05, 4.69) is 175 Å². The lowest BCUT2D eigenvalue weighted by molar-refractivity contribution is 0.724. The first-order valence-electron chi connectivity index (χ1n) is 19.7. The lowest BCUT2D eigenvalue weighted by atomic mass is 9.63. The second-order valence-corrected chi connectivity index (χ2v) is 14.4. The fraction of sp³-hybridized carbons (Fsp3) is 0.0556. The van der Waals surface area contributed by atoms with Crippen LogP contribution >= 0.6 is 0 Å². The van der Waals surface area contributed by atoms with Gasteiger partial charge in [-0.3, -0.25) is 4.98 Å². The molecular weight excluding hydrogens is 705 g/mol. The molecule has 1 unspecified atom stereocenters. The molecular formula is C54H42N4. The summed E-state index contributed by atoms with van der Waals surface area (Å²) in [6.45, 7) is 12.4. The van der Waals surface area contributed by atoms with Crippen molar-refractivity contribution < 1.29 is 0 Å². The Morgan fingerprint density at radius 3 is 2.03 bits per heavy atom. The van der Waals surface area contributed by atoms with Gasteiger partial charge in [0.15, 0.2) is 5.82 Å². The Morgan fingerprint density at radius 2 is 1.33 bits per heavy atom. The van der Waals surface area contributed by atoms with E-state index in [0.29, 0.717) is 5.82 Å². The van der Waals surface area contributed by atoms with Crippen LogP contribution in [0.3, 0.4) is 0 Å². The van der Waals surface area contributed by atoms with E-state index >= 15 is 0 Å². The summed E-state index contributed by atoms with van der Waals surface area (Å²) >= 11 is 0. The van der Waals surface area contributed by atoms with Crippen LogP contribution in [0.4, 0.5) is 0 Å².